The fourth-order valence-electron chi connectivity index (χ4n) is 3.48. The summed E-state index contributed by atoms with van der Waals surface area (Å²) in [6.45, 7) is 3.47. The Kier molecular flexibility index (Phi) is 5.06. The van der Waals surface area contributed by atoms with Crippen LogP contribution in [0.15, 0.2) is 47.8 Å². The quantitative estimate of drug-likeness (QED) is 0.679. The minimum atomic E-state index is -0.0469. The number of piperidine rings is 1. The summed E-state index contributed by atoms with van der Waals surface area (Å²) in [5.74, 6) is 1.44. The third-order valence-corrected chi connectivity index (χ3v) is 5.15. The first-order valence-corrected chi connectivity index (χ1v) is 9.23. The molecule has 8 nitrogen and oxygen atoms in total. The highest BCUT2D eigenvalue weighted by Crippen LogP contribution is 2.20. The van der Waals surface area contributed by atoms with Crippen molar-refractivity contribution in [3.8, 4) is 11.3 Å². The molecule has 0 radical (unpaired) electrons. The molecular formula is C19H23N7O. The van der Waals surface area contributed by atoms with Crippen molar-refractivity contribution >= 4 is 0 Å². The number of hydrogen-bond acceptors (Lipinski definition) is 6. The molecule has 140 valence electrons. The van der Waals surface area contributed by atoms with E-state index in [4.69, 9.17) is 0 Å². The first kappa shape index (κ1) is 17.5. The second kappa shape index (κ2) is 7.79. The summed E-state index contributed by atoms with van der Waals surface area (Å²) in [5, 5.41) is 12.7. The van der Waals surface area contributed by atoms with E-state index in [2.05, 4.69) is 25.2 Å². The van der Waals surface area contributed by atoms with Crippen molar-refractivity contribution in [2.24, 2.45) is 13.0 Å². The number of rotatable bonds is 5. The van der Waals surface area contributed by atoms with Crippen molar-refractivity contribution in [1.82, 2.24) is 34.4 Å². The van der Waals surface area contributed by atoms with E-state index >= 15 is 0 Å². The normalized spacial score (nSPS) is 15.9. The predicted octanol–water partition coefficient (Wildman–Crippen LogP) is 1.35. The third kappa shape index (κ3) is 4.11. The highest BCUT2D eigenvalue weighted by atomic mass is 16.1. The second-order valence-electron chi connectivity index (χ2n) is 7.05. The molecule has 3 aromatic heterocycles. The number of pyridine rings is 1. The van der Waals surface area contributed by atoms with Crippen LogP contribution >= 0.6 is 0 Å². The lowest BCUT2D eigenvalue weighted by atomic mass is 9.97. The first-order valence-electron chi connectivity index (χ1n) is 9.23. The maximum absolute atomic E-state index is 12.2. The van der Waals surface area contributed by atoms with Crippen molar-refractivity contribution < 1.29 is 0 Å². The lowest BCUT2D eigenvalue weighted by Crippen LogP contribution is -2.37. The monoisotopic (exact) mass is 365 g/mol. The number of nitrogens with zero attached hydrogens (tertiary/aromatic N) is 7. The van der Waals surface area contributed by atoms with Crippen LogP contribution in [0.4, 0.5) is 0 Å². The lowest BCUT2D eigenvalue weighted by molar-refractivity contribution is 0.159. The Morgan fingerprint density at radius 1 is 1.11 bits per heavy atom. The van der Waals surface area contributed by atoms with Crippen LogP contribution in [0.1, 0.15) is 18.7 Å². The fourth-order valence-corrected chi connectivity index (χ4v) is 3.48. The maximum atomic E-state index is 12.2. The van der Waals surface area contributed by atoms with E-state index in [9.17, 15) is 4.79 Å². The minimum absolute atomic E-state index is 0.0469. The number of likely N-dealkylation sites (tertiary alicyclic amines) is 1. The Balaban J connectivity index is 1.39. The Hall–Kier alpha value is -2.87. The molecule has 0 bridgehead atoms. The summed E-state index contributed by atoms with van der Waals surface area (Å²) in [5.41, 5.74) is 1.73. The lowest BCUT2D eigenvalue weighted by Gasteiger charge is -2.31. The summed E-state index contributed by atoms with van der Waals surface area (Å²) in [6, 6.07) is 7.19. The van der Waals surface area contributed by atoms with E-state index < -0.39 is 0 Å². The van der Waals surface area contributed by atoms with Gasteiger partial charge in [-0.25, -0.2) is 4.68 Å². The smallest absolute Gasteiger partial charge is 0.266 e. The van der Waals surface area contributed by atoms with Crippen molar-refractivity contribution in [1.29, 1.82) is 0 Å². The SMILES string of the molecule is Cn1cnnc1CN1CCC(Cn2nc(-c3ccncc3)ccc2=O)CC1. The van der Waals surface area contributed by atoms with Crippen LogP contribution in [-0.2, 0) is 20.1 Å². The molecule has 0 amide bonds. The van der Waals surface area contributed by atoms with Gasteiger partial charge in [-0.05, 0) is 50.0 Å². The largest absolute Gasteiger partial charge is 0.320 e. The van der Waals surface area contributed by atoms with Crippen LogP contribution in [0.3, 0.4) is 0 Å². The Morgan fingerprint density at radius 3 is 2.59 bits per heavy atom. The van der Waals surface area contributed by atoms with Gasteiger partial charge in [-0.15, -0.1) is 10.2 Å². The number of aryl methyl sites for hydroxylation is 1. The summed E-state index contributed by atoms with van der Waals surface area (Å²) < 4.78 is 3.57. The molecule has 4 rings (SSSR count). The Labute approximate surface area is 157 Å². The Morgan fingerprint density at radius 2 is 1.89 bits per heavy atom. The molecule has 8 heteroatoms. The average molecular weight is 365 g/mol. The van der Waals surface area contributed by atoms with Gasteiger partial charge in [0, 0.05) is 37.6 Å². The van der Waals surface area contributed by atoms with E-state index in [1.54, 1.807) is 35.5 Å². The molecule has 0 unspecified atom stereocenters. The van der Waals surface area contributed by atoms with E-state index in [1.165, 1.54) is 0 Å². The van der Waals surface area contributed by atoms with Crippen LogP contribution in [0.25, 0.3) is 11.3 Å². The van der Waals surface area contributed by atoms with Gasteiger partial charge in [-0.2, -0.15) is 5.10 Å². The molecule has 27 heavy (non-hydrogen) atoms. The standard InChI is InChI=1S/C19H23N7O/c1-24-14-21-22-18(24)13-25-10-6-15(7-11-25)12-26-19(27)3-2-17(23-26)16-4-8-20-9-5-16/h2-5,8-9,14-15H,6-7,10-13H2,1H3. The average Bonchev–Trinajstić information content (AvgIpc) is 3.10. The first-order chi connectivity index (χ1) is 13.2. The van der Waals surface area contributed by atoms with E-state index in [0.717, 1.165) is 49.6 Å². The molecule has 4 heterocycles. The molecule has 0 N–H and O–H groups in total. The maximum Gasteiger partial charge on any atom is 0.266 e. The molecule has 0 spiro atoms. The van der Waals surface area contributed by atoms with Gasteiger partial charge in [-0.1, -0.05) is 0 Å². The molecule has 1 saturated heterocycles. The van der Waals surface area contributed by atoms with Gasteiger partial charge in [0.25, 0.3) is 5.56 Å². The summed E-state index contributed by atoms with van der Waals surface area (Å²) >= 11 is 0. The van der Waals surface area contributed by atoms with E-state index in [-0.39, 0.29) is 5.56 Å². The molecule has 3 aromatic rings. The number of aromatic nitrogens is 6. The molecule has 1 aliphatic rings. The molecule has 1 aliphatic heterocycles. The topological polar surface area (TPSA) is 81.7 Å². The second-order valence-corrected chi connectivity index (χ2v) is 7.05. The van der Waals surface area contributed by atoms with Crippen LogP contribution in [0.2, 0.25) is 0 Å². The molecular weight excluding hydrogens is 342 g/mol. The molecule has 0 saturated carbocycles. The summed E-state index contributed by atoms with van der Waals surface area (Å²) in [4.78, 5) is 18.7. The van der Waals surface area contributed by atoms with E-state index in [1.807, 2.05) is 23.7 Å². The molecule has 0 aromatic carbocycles. The molecule has 1 fully saturated rings. The third-order valence-electron chi connectivity index (χ3n) is 5.15. The minimum Gasteiger partial charge on any atom is -0.320 e. The molecule has 0 aliphatic carbocycles. The van der Waals surface area contributed by atoms with Crippen LogP contribution in [0.5, 0.6) is 0 Å². The van der Waals surface area contributed by atoms with Crippen molar-refractivity contribution in [2.75, 3.05) is 13.1 Å². The van der Waals surface area contributed by atoms with Crippen molar-refractivity contribution in [3.05, 3.63) is 59.2 Å². The van der Waals surface area contributed by atoms with Gasteiger partial charge >= 0.3 is 0 Å². The van der Waals surface area contributed by atoms with Gasteiger partial charge in [0.1, 0.15) is 12.2 Å². The van der Waals surface area contributed by atoms with Crippen molar-refractivity contribution in [3.63, 3.8) is 0 Å². The zero-order chi connectivity index (χ0) is 18.6. The summed E-state index contributed by atoms with van der Waals surface area (Å²) in [6.07, 6.45) is 7.30. The fraction of sp³-hybridized carbons (Fsp3) is 0.421. The van der Waals surface area contributed by atoms with Gasteiger partial charge in [0.15, 0.2) is 0 Å². The molecule has 0 atom stereocenters. The van der Waals surface area contributed by atoms with E-state index in [0.29, 0.717) is 12.5 Å². The zero-order valence-electron chi connectivity index (χ0n) is 15.4. The number of hydrogen-bond donors (Lipinski definition) is 0. The van der Waals surface area contributed by atoms with Crippen LogP contribution < -0.4 is 5.56 Å². The highest BCUT2D eigenvalue weighted by Gasteiger charge is 2.21. The van der Waals surface area contributed by atoms with Gasteiger partial charge in [-0.3, -0.25) is 14.7 Å². The highest BCUT2D eigenvalue weighted by molar-refractivity contribution is 5.56. The van der Waals surface area contributed by atoms with Crippen molar-refractivity contribution in [2.45, 2.75) is 25.9 Å². The van der Waals surface area contributed by atoms with Gasteiger partial charge in [0.2, 0.25) is 0 Å². The van der Waals surface area contributed by atoms with Gasteiger partial charge < -0.3 is 4.57 Å². The zero-order valence-corrected chi connectivity index (χ0v) is 15.4. The van der Waals surface area contributed by atoms with Gasteiger partial charge in [0.05, 0.1) is 12.2 Å². The summed E-state index contributed by atoms with van der Waals surface area (Å²) in [7, 11) is 1.97. The predicted molar refractivity (Wildman–Crippen MR) is 101 cm³/mol. The van der Waals surface area contributed by atoms with Crippen LogP contribution in [-0.4, -0.2) is 47.5 Å². The van der Waals surface area contributed by atoms with Crippen LogP contribution in [0, 0.1) is 5.92 Å². The Bertz CT molecular complexity index is 942.